The summed E-state index contributed by atoms with van der Waals surface area (Å²) in [7, 11) is -3.58. The predicted molar refractivity (Wildman–Crippen MR) is 80.9 cm³/mol. The number of furan rings is 1. The lowest BCUT2D eigenvalue weighted by Gasteiger charge is -2.15. The van der Waals surface area contributed by atoms with Crippen molar-refractivity contribution in [3.63, 3.8) is 0 Å². The van der Waals surface area contributed by atoms with Gasteiger partial charge >= 0.3 is 0 Å². The van der Waals surface area contributed by atoms with Gasteiger partial charge < -0.3 is 9.73 Å². The monoisotopic (exact) mass is 327 g/mol. The maximum atomic E-state index is 12.7. The molecule has 0 spiro atoms. The van der Waals surface area contributed by atoms with Crippen molar-refractivity contribution >= 4 is 27.1 Å². The molecule has 0 aromatic carbocycles. The van der Waals surface area contributed by atoms with E-state index in [1.807, 2.05) is 6.92 Å². The van der Waals surface area contributed by atoms with Gasteiger partial charge in [-0.2, -0.15) is 0 Å². The number of nitrogens with one attached hydrogen (secondary N) is 1. The van der Waals surface area contributed by atoms with Crippen LogP contribution in [0.4, 0.5) is 0 Å². The van der Waals surface area contributed by atoms with E-state index >= 15 is 0 Å². The first kappa shape index (κ1) is 15.8. The lowest BCUT2D eigenvalue weighted by atomic mass is 10.3. The Morgan fingerprint density at radius 1 is 1.38 bits per heavy atom. The van der Waals surface area contributed by atoms with Crippen molar-refractivity contribution < 1.29 is 17.6 Å². The van der Waals surface area contributed by atoms with Gasteiger partial charge in [-0.1, -0.05) is 13.0 Å². The molecular formula is C14H17NO4S2. The topological polar surface area (TPSA) is 76.4 Å². The van der Waals surface area contributed by atoms with E-state index in [9.17, 15) is 13.2 Å². The van der Waals surface area contributed by atoms with Crippen LogP contribution in [0.2, 0.25) is 0 Å². The van der Waals surface area contributed by atoms with Gasteiger partial charge in [0.05, 0.1) is 6.26 Å². The van der Waals surface area contributed by atoms with Crippen molar-refractivity contribution in [2.45, 2.75) is 29.2 Å². The molecule has 0 radical (unpaired) electrons. The van der Waals surface area contributed by atoms with Crippen LogP contribution >= 0.6 is 11.3 Å². The highest BCUT2D eigenvalue weighted by Crippen LogP contribution is 2.31. The molecule has 0 aliphatic rings. The second kappa shape index (κ2) is 6.91. The molecule has 1 amide bonds. The number of carbonyl (C=O) groups is 1. The average molecular weight is 327 g/mol. The van der Waals surface area contributed by atoms with E-state index in [1.54, 1.807) is 29.6 Å². The molecule has 2 aromatic heterocycles. The normalized spacial score (nSPS) is 13.0. The van der Waals surface area contributed by atoms with Gasteiger partial charge in [0.15, 0.2) is 9.84 Å². The van der Waals surface area contributed by atoms with E-state index < -0.39 is 15.1 Å². The smallest absolute Gasteiger partial charge is 0.220 e. The zero-order valence-electron chi connectivity index (χ0n) is 11.6. The Morgan fingerprint density at radius 3 is 2.76 bits per heavy atom. The molecule has 7 heteroatoms. The molecule has 0 fully saturated rings. The Kier molecular flexibility index (Phi) is 5.19. The molecule has 5 nitrogen and oxygen atoms in total. The van der Waals surface area contributed by atoms with E-state index in [2.05, 4.69) is 5.32 Å². The van der Waals surface area contributed by atoms with Crippen LogP contribution in [-0.4, -0.2) is 20.9 Å². The standard InChI is InChI=1S/C14H17NO4S2/c1-2-5-13(16)15-10-12(11-6-3-8-19-11)21(17,18)14-7-4-9-20-14/h3-4,6-9,12H,2,5,10H2,1H3,(H,15,16). The van der Waals surface area contributed by atoms with Gasteiger partial charge in [-0.25, -0.2) is 8.42 Å². The average Bonchev–Trinajstić information content (AvgIpc) is 3.12. The van der Waals surface area contributed by atoms with Gasteiger partial charge in [-0.15, -0.1) is 11.3 Å². The molecule has 1 unspecified atom stereocenters. The largest absolute Gasteiger partial charge is 0.468 e. The summed E-state index contributed by atoms with van der Waals surface area (Å²) in [5.74, 6) is 0.177. The van der Waals surface area contributed by atoms with Crippen molar-refractivity contribution in [2.24, 2.45) is 0 Å². The number of rotatable bonds is 7. The van der Waals surface area contributed by atoms with Crippen molar-refractivity contribution in [3.05, 3.63) is 41.7 Å². The summed E-state index contributed by atoms with van der Waals surface area (Å²) < 4.78 is 30.8. The summed E-state index contributed by atoms with van der Waals surface area (Å²) in [6.45, 7) is 1.90. The van der Waals surface area contributed by atoms with E-state index in [0.717, 1.165) is 17.8 Å². The molecule has 0 saturated carbocycles. The fourth-order valence-electron chi connectivity index (χ4n) is 1.93. The Morgan fingerprint density at radius 2 is 2.19 bits per heavy atom. The molecule has 114 valence electrons. The van der Waals surface area contributed by atoms with Crippen molar-refractivity contribution in [1.29, 1.82) is 0 Å². The van der Waals surface area contributed by atoms with Crippen LogP contribution in [0.15, 0.2) is 44.5 Å². The Hall–Kier alpha value is -1.60. The third-order valence-corrected chi connectivity index (χ3v) is 6.46. The minimum absolute atomic E-state index is 0.00653. The Balaban J connectivity index is 2.23. The molecular weight excluding hydrogens is 310 g/mol. The summed E-state index contributed by atoms with van der Waals surface area (Å²) in [4.78, 5) is 11.6. The van der Waals surface area contributed by atoms with Gasteiger partial charge in [0, 0.05) is 13.0 Å². The van der Waals surface area contributed by atoms with E-state index in [0.29, 0.717) is 12.2 Å². The van der Waals surface area contributed by atoms with Crippen LogP contribution in [-0.2, 0) is 14.6 Å². The zero-order valence-corrected chi connectivity index (χ0v) is 13.2. The second-order valence-corrected chi connectivity index (χ2v) is 7.84. The maximum absolute atomic E-state index is 12.7. The first-order valence-corrected chi connectivity index (χ1v) is 9.05. The van der Waals surface area contributed by atoms with Crippen LogP contribution in [0.25, 0.3) is 0 Å². The number of thiophene rings is 1. The lowest BCUT2D eigenvalue weighted by molar-refractivity contribution is -0.121. The van der Waals surface area contributed by atoms with Crippen LogP contribution in [0.1, 0.15) is 30.8 Å². The molecule has 2 heterocycles. The van der Waals surface area contributed by atoms with Gasteiger partial charge in [0.2, 0.25) is 5.91 Å². The second-order valence-electron chi connectivity index (χ2n) is 4.54. The SMILES string of the molecule is CCCC(=O)NCC(c1ccco1)S(=O)(=O)c1cccs1. The van der Waals surface area contributed by atoms with Crippen LogP contribution < -0.4 is 5.32 Å². The molecule has 1 atom stereocenters. The van der Waals surface area contributed by atoms with Crippen molar-refractivity contribution in [1.82, 2.24) is 5.32 Å². The number of amides is 1. The molecule has 2 rings (SSSR count). The molecule has 0 aliphatic heterocycles. The molecule has 0 saturated heterocycles. The molecule has 2 aromatic rings. The highest BCUT2D eigenvalue weighted by atomic mass is 32.2. The minimum atomic E-state index is -3.58. The number of hydrogen-bond acceptors (Lipinski definition) is 5. The zero-order chi connectivity index (χ0) is 15.3. The van der Waals surface area contributed by atoms with Crippen molar-refractivity contribution in [2.75, 3.05) is 6.54 Å². The van der Waals surface area contributed by atoms with E-state index in [4.69, 9.17) is 4.42 Å². The molecule has 0 aliphatic carbocycles. The lowest BCUT2D eigenvalue weighted by Crippen LogP contribution is -2.31. The third-order valence-electron chi connectivity index (χ3n) is 2.97. The van der Waals surface area contributed by atoms with Crippen LogP contribution in [0.3, 0.4) is 0 Å². The highest BCUT2D eigenvalue weighted by Gasteiger charge is 2.32. The number of hydrogen-bond donors (Lipinski definition) is 1. The fourth-order valence-corrected chi connectivity index (χ4v) is 4.72. The Bertz CT molecular complexity index is 660. The molecule has 21 heavy (non-hydrogen) atoms. The Labute approximate surface area is 127 Å². The van der Waals surface area contributed by atoms with Gasteiger partial charge in [-0.05, 0) is 30.0 Å². The maximum Gasteiger partial charge on any atom is 0.220 e. The van der Waals surface area contributed by atoms with Crippen LogP contribution in [0, 0.1) is 0 Å². The summed E-state index contributed by atoms with van der Waals surface area (Å²) in [5, 5.41) is 3.47. The third kappa shape index (κ3) is 3.74. The summed E-state index contributed by atoms with van der Waals surface area (Å²) in [6.07, 6.45) is 2.53. The molecule has 1 N–H and O–H groups in total. The van der Waals surface area contributed by atoms with Crippen molar-refractivity contribution in [3.8, 4) is 0 Å². The fraction of sp³-hybridized carbons (Fsp3) is 0.357. The summed E-state index contributed by atoms with van der Waals surface area (Å²) in [5.41, 5.74) is 0. The molecule has 0 bridgehead atoms. The first-order valence-electron chi connectivity index (χ1n) is 6.63. The van der Waals surface area contributed by atoms with Crippen LogP contribution in [0.5, 0.6) is 0 Å². The summed E-state index contributed by atoms with van der Waals surface area (Å²) >= 11 is 1.16. The van der Waals surface area contributed by atoms with E-state index in [1.165, 1.54) is 6.26 Å². The van der Waals surface area contributed by atoms with E-state index in [-0.39, 0.29) is 16.7 Å². The summed E-state index contributed by atoms with van der Waals surface area (Å²) in [6, 6.07) is 6.50. The number of sulfone groups is 1. The minimum Gasteiger partial charge on any atom is -0.468 e. The first-order chi connectivity index (χ1) is 10.1. The highest BCUT2D eigenvalue weighted by molar-refractivity contribution is 7.93. The quantitative estimate of drug-likeness (QED) is 0.848. The predicted octanol–water partition coefficient (Wildman–Crippen LogP) is 2.77. The van der Waals surface area contributed by atoms with Gasteiger partial charge in [0.1, 0.15) is 15.2 Å². The van der Waals surface area contributed by atoms with Gasteiger partial charge in [-0.3, -0.25) is 4.79 Å². The number of carbonyl (C=O) groups excluding carboxylic acids is 1. The van der Waals surface area contributed by atoms with Gasteiger partial charge in [0.25, 0.3) is 0 Å².